The highest BCUT2D eigenvalue weighted by atomic mass is 15.0. The van der Waals surface area contributed by atoms with Crippen molar-refractivity contribution in [3.05, 3.63) is 11.1 Å². The highest BCUT2D eigenvalue weighted by Gasteiger charge is 2.42. The van der Waals surface area contributed by atoms with E-state index >= 15 is 0 Å². The van der Waals surface area contributed by atoms with Crippen LogP contribution < -0.4 is 98.3 Å². The van der Waals surface area contributed by atoms with Crippen molar-refractivity contribution >= 4 is 331 Å². The number of hydrogen-bond acceptors (Lipinski definition) is 0. The summed E-state index contributed by atoms with van der Waals surface area (Å²) in [6.07, 6.45) is 0. The molecule has 0 aliphatic heterocycles. The third-order valence-corrected chi connectivity index (χ3v) is 12.1. The Morgan fingerprint density at radius 2 is 0.544 bits per heavy atom. The molecule has 212 valence electrons. The van der Waals surface area contributed by atoms with Crippen molar-refractivity contribution in [2.75, 3.05) is 0 Å². The number of nitrogens with zero attached hydrogens (tertiary/aromatic N) is 1. The van der Waals surface area contributed by atoms with Crippen molar-refractivity contribution in [3.63, 3.8) is 0 Å². The summed E-state index contributed by atoms with van der Waals surface area (Å²) in [5, 5.41) is 1.48. The van der Waals surface area contributed by atoms with Gasteiger partial charge in [0, 0.05) is 27.5 Å². The Morgan fingerprint density at radius 1 is 0.298 bits per heavy atom. The number of hydrogen-bond donors (Lipinski definition) is 0. The van der Waals surface area contributed by atoms with Crippen LogP contribution in [0.4, 0.5) is 0 Å². The molecule has 1 aliphatic rings. The molecular formula is C36H3B20N. The lowest BCUT2D eigenvalue weighted by Gasteiger charge is -2.33. The van der Waals surface area contributed by atoms with Crippen molar-refractivity contribution in [1.29, 1.82) is 0 Å². The smallest absolute Gasteiger partial charge is 0.117 e. The van der Waals surface area contributed by atoms with Gasteiger partial charge < -0.3 is 4.57 Å². The van der Waals surface area contributed by atoms with E-state index in [1.54, 1.807) is 11.5 Å². The largest absolute Gasteiger partial charge is 0.315 e. The van der Waals surface area contributed by atoms with Gasteiger partial charge in [-0.25, -0.2) is 0 Å². The Balaban J connectivity index is 1.64. The average molecular weight is 666 g/mol. The van der Waals surface area contributed by atoms with E-state index in [1.807, 2.05) is 0 Å². The molecule has 0 fully saturated rings. The molecule has 1 nitrogen and oxygen atoms in total. The van der Waals surface area contributed by atoms with Crippen LogP contribution in [-0.4, -0.2) is 161 Å². The molecular weight excluding hydrogens is 663 g/mol. The van der Waals surface area contributed by atoms with Crippen LogP contribution in [0.15, 0.2) is 0 Å². The SMILES string of the molecule is [B]C1=C(n2c3c([B])c([B])c([B])c4c5c([B])c([B])c([B])c([B])c5c5c([B])c([B])c([B])c2c5c43)C([B])(C)c2c1c1c([B])c([B])c([B])c([B])c1c1c([B])c([B])c([B])c([B])c21. The van der Waals surface area contributed by atoms with Crippen LogP contribution in [-0.2, 0) is 5.31 Å². The number of rotatable bonds is 1. The van der Waals surface area contributed by atoms with Crippen molar-refractivity contribution in [2.24, 2.45) is 0 Å². The number of aromatic nitrogens is 1. The van der Waals surface area contributed by atoms with Gasteiger partial charge in [-0.2, -0.15) is 0 Å². The second kappa shape index (κ2) is 12.1. The van der Waals surface area contributed by atoms with Gasteiger partial charge in [0.15, 0.2) is 0 Å². The zero-order chi connectivity index (χ0) is 41.7. The predicted molar refractivity (Wildman–Crippen MR) is 266 cm³/mol. The molecule has 0 saturated carbocycles. The Kier molecular flexibility index (Phi) is 8.34. The Labute approximate surface area is 357 Å². The maximum absolute atomic E-state index is 7.60. The zero-order valence-corrected chi connectivity index (χ0v) is 30.5. The minimum atomic E-state index is -1.66. The monoisotopic (exact) mass is 669 g/mol. The van der Waals surface area contributed by atoms with Crippen LogP contribution in [0, 0.1) is 0 Å². The summed E-state index contributed by atoms with van der Waals surface area (Å²) in [6, 6.07) is 0. The first-order valence-electron chi connectivity index (χ1n) is 17.2. The van der Waals surface area contributed by atoms with Gasteiger partial charge in [0.1, 0.15) is 149 Å². The second-order valence-corrected chi connectivity index (χ2v) is 14.9. The highest BCUT2D eigenvalue weighted by molar-refractivity contribution is 6.76. The van der Waals surface area contributed by atoms with Crippen LogP contribution >= 0.6 is 0 Å². The lowest BCUT2D eigenvalue weighted by molar-refractivity contribution is 0.863. The molecule has 1 atom stereocenters. The predicted octanol–water partition coefficient (Wildman–Crippen LogP) is -13.0. The number of benzene rings is 7. The first-order valence-corrected chi connectivity index (χ1v) is 17.2. The van der Waals surface area contributed by atoms with Crippen LogP contribution in [0.3, 0.4) is 0 Å². The van der Waals surface area contributed by atoms with Crippen molar-refractivity contribution in [3.8, 4) is 0 Å². The topological polar surface area (TPSA) is 4.93 Å². The van der Waals surface area contributed by atoms with Gasteiger partial charge in [0.2, 0.25) is 0 Å². The van der Waals surface area contributed by atoms with E-state index in [4.69, 9.17) is 157 Å². The molecule has 40 radical (unpaired) electrons. The molecule has 21 heteroatoms. The molecule has 7 aromatic carbocycles. The summed E-state index contributed by atoms with van der Waals surface area (Å²) in [5.74, 6) is 0. The van der Waals surface area contributed by atoms with Crippen molar-refractivity contribution in [2.45, 2.75) is 12.2 Å². The molecule has 0 amide bonds. The lowest BCUT2D eigenvalue weighted by Crippen LogP contribution is -2.51. The fourth-order valence-corrected chi connectivity index (χ4v) is 9.35. The molecule has 57 heavy (non-hydrogen) atoms. The molecule has 1 aliphatic carbocycles. The molecule has 8 aromatic rings. The summed E-state index contributed by atoms with van der Waals surface area (Å²) in [7, 11) is 135. The number of allylic oxidation sites excluding steroid dienone is 1. The summed E-state index contributed by atoms with van der Waals surface area (Å²) >= 11 is 0. The van der Waals surface area contributed by atoms with Gasteiger partial charge in [-0.15, -0.1) is 43.7 Å². The Morgan fingerprint density at radius 3 is 0.895 bits per heavy atom. The van der Waals surface area contributed by atoms with E-state index in [2.05, 4.69) is 0 Å². The third kappa shape index (κ3) is 4.33. The molecule has 0 N–H and O–H groups in total. The molecule has 1 heterocycles. The zero-order valence-electron chi connectivity index (χ0n) is 30.5. The van der Waals surface area contributed by atoms with Crippen LogP contribution in [0.1, 0.15) is 18.1 Å². The Bertz CT molecular complexity index is 3240. The van der Waals surface area contributed by atoms with Gasteiger partial charge in [0.05, 0.1) is 7.85 Å². The van der Waals surface area contributed by atoms with E-state index in [9.17, 15) is 0 Å². The lowest BCUT2D eigenvalue weighted by atomic mass is 9.57. The molecule has 0 bridgehead atoms. The normalized spacial score (nSPS) is 15.8. The summed E-state index contributed by atoms with van der Waals surface area (Å²) in [5.41, 5.74) is 1.72. The highest BCUT2D eigenvalue weighted by Crippen LogP contribution is 2.53. The fourth-order valence-electron chi connectivity index (χ4n) is 9.35. The van der Waals surface area contributed by atoms with Gasteiger partial charge in [-0.05, 0) is 59.5 Å². The van der Waals surface area contributed by atoms with Crippen LogP contribution in [0.5, 0.6) is 0 Å². The minimum absolute atomic E-state index is 0.00518. The summed E-state index contributed by atoms with van der Waals surface area (Å²) < 4.78 is 1.66. The summed E-state index contributed by atoms with van der Waals surface area (Å²) in [6.45, 7) is 1.69. The van der Waals surface area contributed by atoms with E-state index < -0.39 is 5.31 Å². The fraction of sp³-hybridized carbons (Fsp3) is 0.0556. The quantitative estimate of drug-likeness (QED) is 0.121. The van der Waals surface area contributed by atoms with E-state index in [1.165, 1.54) is 0 Å². The van der Waals surface area contributed by atoms with E-state index in [0.717, 1.165) is 0 Å². The van der Waals surface area contributed by atoms with Gasteiger partial charge in [-0.1, -0.05) is 67.0 Å². The summed E-state index contributed by atoms with van der Waals surface area (Å²) in [4.78, 5) is 0. The van der Waals surface area contributed by atoms with Crippen molar-refractivity contribution < 1.29 is 0 Å². The average Bonchev–Trinajstić information content (AvgIpc) is 3.61. The van der Waals surface area contributed by atoms with Crippen LogP contribution in [0.2, 0.25) is 0 Å². The molecule has 0 saturated heterocycles. The number of fused-ring (bicyclic) bond motifs is 9. The maximum atomic E-state index is 7.60. The standard InChI is InChI=1S/C36H3B20N/c1-36(56)13-11-7(19(42)27(50)28(51)21(11)44)4-8(20(43)26(49)25(48)16(4)39)12(13)22(45)35(36)57-33-9-5(17(40)29(52)31(33)54)2-3(15(38)24(47)23(46)14(2)37)6-10(9)34(57)32(55)30(53)18(6)41/h1H3. The van der Waals surface area contributed by atoms with Gasteiger partial charge in [0.25, 0.3) is 0 Å². The molecule has 1 unspecified atom stereocenters. The van der Waals surface area contributed by atoms with Crippen LogP contribution in [0.25, 0.3) is 76.1 Å². The van der Waals surface area contributed by atoms with Gasteiger partial charge in [-0.3, -0.25) is 0 Å². The second-order valence-electron chi connectivity index (χ2n) is 14.9. The van der Waals surface area contributed by atoms with E-state index in [0.29, 0.717) is 37.9 Å². The minimum Gasteiger partial charge on any atom is -0.315 e. The molecule has 0 spiro atoms. The van der Waals surface area contributed by atoms with E-state index in [-0.39, 0.29) is 148 Å². The third-order valence-electron chi connectivity index (χ3n) is 12.1. The first-order chi connectivity index (χ1) is 26.5. The van der Waals surface area contributed by atoms with Crippen molar-refractivity contribution in [1.82, 2.24) is 4.57 Å². The first kappa shape index (κ1) is 39.2. The van der Waals surface area contributed by atoms with Gasteiger partial charge >= 0.3 is 0 Å². The molecule has 9 rings (SSSR count). The Hall–Kier alpha value is -3.32. The maximum Gasteiger partial charge on any atom is 0.117 e. The molecule has 1 aromatic heterocycles.